The summed E-state index contributed by atoms with van der Waals surface area (Å²) in [5.41, 5.74) is 6.77. The fraction of sp³-hybridized carbons (Fsp3) is 0.560. The Morgan fingerprint density at radius 2 is 1.40 bits per heavy atom. The minimum absolute atomic E-state index is 0.164. The lowest BCUT2D eigenvalue weighted by Gasteiger charge is -2.22. The van der Waals surface area contributed by atoms with Crippen molar-refractivity contribution in [2.24, 2.45) is 0 Å². The van der Waals surface area contributed by atoms with Gasteiger partial charge in [-0.2, -0.15) is 0 Å². The first-order valence-electron chi connectivity index (χ1n) is 11.3. The fourth-order valence-electron chi connectivity index (χ4n) is 4.17. The summed E-state index contributed by atoms with van der Waals surface area (Å²) >= 11 is 0. The minimum Gasteiger partial charge on any atom is -0.461 e. The molecule has 30 heavy (non-hydrogen) atoms. The molecule has 1 aromatic rings. The lowest BCUT2D eigenvalue weighted by Crippen LogP contribution is -2.23. The molecule has 0 aliphatic carbocycles. The smallest absolute Gasteiger partial charge is 0.310 e. The maximum atomic E-state index is 12.4. The number of amides is 2. The van der Waals surface area contributed by atoms with Crippen LogP contribution in [-0.2, 0) is 51.4 Å². The third-order valence-electron chi connectivity index (χ3n) is 5.44. The van der Waals surface area contributed by atoms with Gasteiger partial charge in [-0.3, -0.25) is 19.7 Å². The summed E-state index contributed by atoms with van der Waals surface area (Å²) in [5.74, 6) is -1.47. The number of ether oxygens (including phenoxy) is 1. The Morgan fingerprint density at radius 1 is 0.833 bits per heavy atom. The van der Waals surface area contributed by atoms with Gasteiger partial charge in [0.15, 0.2) is 0 Å². The Hall–Kier alpha value is -2.43. The standard InChI is InChI=1S/C25H35NO4/c1-5-9-17-13-18(10-6-2)22(21(12-8-4)20(17)11-7-3)16-30-24(28)15-19-14-23(27)26-25(19)29/h13-14H,5-12,15-16H2,1-4H3,(H,26,27,29). The molecule has 2 amide bonds. The molecule has 164 valence electrons. The highest BCUT2D eigenvalue weighted by Crippen LogP contribution is 2.29. The number of hydrogen-bond donors (Lipinski definition) is 1. The Bertz CT molecular complexity index is 823. The summed E-state index contributed by atoms with van der Waals surface area (Å²) in [5, 5.41) is 2.16. The number of nitrogens with one attached hydrogen (secondary N) is 1. The first-order valence-corrected chi connectivity index (χ1v) is 11.3. The molecule has 0 bridgehead atoms. The molecular formula is C25H35NO4. The zero-order valence-electron chi connectivity index (χ0n) is 18.9. The lowest BCUT2D eigenvalue weighted by molar-refractivity contribution is -0.144. The number of imide groups is 1. The van der Waals surface area contributed by atoms with Crippen molar-refractivity contribution in [2.75, 3.05) is 0 Å². The van der Waals surface area contributed by atoms with Gasteiger partial charge >= 0.3 is 5.97 Å². The van der Waals surface area contributed by atoms with Crippen LogP contribution in [0.1, 0.15) is 87.6 Å². The maximum Gasteiger partial charge on any atom is 0.310 e. The minimum atomic E-state index is -0.510. The quantitative estimate of drug-likeness (QED) is 0.404. The molecule has 1 aliphatic heterocycles. The van der Waals surface area contributed by atoms with E-state index >= 15 is 0 Å². The van der Waals surface area contributed by atoms with Gasteiger partial charge in [-0.1, -0.05) is 59.4 Å². The van der Waals surface area contributed by atoms with E-state index in [-0.39, 0.29) is 18.6 Å². The van der Waals surface area contributed by atoms with Crippen LogP contribution >= 0.6 is 0 Å². The second-order valence-corrected chi connectivity index (χ2v) is 7.96. The second-order valence-electron chi connectivity index (χ2n) is 7.96. The molecule has 0 atom stereocenters. The summed E-state index contributed by atoms with van der Waals surface area (Å²) in [7, 11) is 0. The van der Waals surface area contributed by atoms with Crippen LogP contribution in [0.2, 0.25) is 0 Å². The van der Waals surface area contributed by atoms with Crippen LogP contribution in [0.5, 0.6) is 0 Å². The molecular weight excluding hydrogens is 378 g/mol. The highest BCUT2D eigenvalue weighted by atomic mass is 16.5. The third kappa shape index (κ3) is 6.04. The molecule has 0 unspecified atom stereocenters. The maximum absolute atomic E-state index is 12.4. The number of rotatable bonds is 12. The molecule has 1 N–H and O–H groups in total. The van der Waals surface area contributed by atoms with E-state index in [0.29, 0.717) is 0 Å². The van der Waals surface area contributed by atoms with Gasteiger partial charge in [0.1, 0.15) is 6.61 Å². The predicted molar refractivity (Wildman–Crippen MR) is 118 cm³/mol. The van der Waals surface area contributed by atoms with Crippen LogP contribution in [0.15, 0.2) is 17.7 Å². The van der Waals surface area contributed by atoms with Crippen LogP contribution in [0, 0.1) is 0 Å². The van der Waals surface area contributed by atoms with E-state index in [0.717, 1.165) is 56.9 Å². The molecule has 1 heterocycles. The number of esters is 1. The monoisotopic (exact) mass is 413 g/mol. The number of benzene rings is 1. The molecule has 1 aliphatic rings. The van der Waals surface area contributed by atoms with E-state index in [1.54, 1.807) is 0 Å². The Morgan fingerprint density at radius 3 is 1.93 bits per heavy atom. The van der Waals surface area contributed by atoms with E-state index < -0.39 is 17.8 Å². The number of hydrogen-bond acceptors (Lipinski definition) is 4. The molecule has 0 aromatic heterocycles. The molecule has 0 spiro atoms. The largest absolute Gasteiger partial charge is 0.461 e. The van der Waals surface area contributed by atoms with Crippen LogP contribution in [-0.4, -0.2) is 17.8 Å². The summed E-state index contributed by atoms with van der Waals surface area (Å²) in [6.07, 6.45) is 9.27. The van der Waals surface area contributed by atoms with Crippen molar-refractivity contribution in [1.29, 1.82) is 0 Å². The first-order chi connectivity index (χ1) is 14.4. The van der Waals surface area contributed by atoms with Gasteiger partial charge in [-0.25, -0.2) is 0 Å². The van der Waals surface area contributed by atoms with Crippen molar-refractivity contribution in [1.82, 2.24) is 5.32 Å². The van der Waals surface area contributed by atoms with E-state index in [1.807, 2.05) is 0 Å². The normalized spacial score (nSPS) is 13.4. The van der Waals surface area contributed by atoms with E-state index in [1.165, 1.54) is 28.3 Å². The molecule has 2 rings (SSSR count). The summed E-state index contributed by atoms with van der Waals surface area (Å²) in [4.78, 5) is 35.4. The molecule has 0 saturated carbocycles. The zero-order valence-corrected chi connectivity index (χ0v) is 18.9. The highest BCUT2D eigenvalue weighted by Gasteiger charge is 2.24. The van der Waals surface area contributed by atoms with E-state index in [2.05, 4.69) is 39.1 Å². The van der Waals surface area contributed by atoms with Crippen molar-refractivity contribution in [3.8, 4) is 0 Å². The van der Waals surface area contributed by atoms with Crippen molar-refractivity contribution >= 4 is 17.8 Å². The average Bonchev–Trinajstić information content (AvgIpc) is 3.01. The van der Waals surface area contributed by atoms with Gasteiger partial charge in [0.05, 0.1) is 6.42 Å². The van der Waals surface area contributed by atoms with Gasteiger partial charge < -0.3 is 4.74 Å². The van der Waals surface area contributed by atoms with Gasteiger partial charge in [0, 0.05) is 11.6 Å². The van der Waals surface area contributed by atoms with E-state index in [9.17, 15) is 14.4 Å². The average molecular weight is 414 g/mol. The third-order valence-corrected chi connectivity index (χ3v) is 5.44. The molecule has 0 fully saturated rings. The SMILES string of the molecule is CCCc1cc(CCC)c(COC(=O)CC2=CC(=O)NC2=O)c(CCC)c1CCC. The predicted octanol–water partition coefficient (Wildman–Crippen LogP) is 4.51. The van der Waals surface area contributed by atoms with Crippen LogP contribution in [0.4, 0.5) is 0 Å². The summed E-state index contributed by atoms with van der Waals surface area (Å²) in [6, 6.07) is 2.33. The number of carbonyl (C=O) groups excluding carboxylic acids is 3. The van der Waals surface area contributed by atoms with Gasteiger partial charge in [0.2, 0.25) is 0 Å². The molecule has 5 heteroatoms. The van der Waals surface area contributed by atoms with Crippen LogP contribution < -0.4 is 5.32 Å². The summed E-state index contributed by atoms with van der Waals surface area (Å²) < 4.78 is 5.61. The number of aryl methyl sites for hydroxylation is 2. The molecule has 5 nitrogen and oxygen atoms in total. The zero-order chi connectivity index (χ0) is 22.1. The van der Waals surface area contributed by atoms with Gasteiger partial charge in [-0.05, 0) is 53.5 Å². The Labute approximate surface area is 180 Å². The van der Waals surface area contributed by atoms with Crippen molar-refractivity contribution in [3.05, 3.63) is 45.5 Å². The molecule has 0 radical (unpaired) electrons. The topological polar surface area (TPSA) is 72.5 Å². The molecule has 0 saturated heterocycles. The molecule has 1 aromatic carbocycles. The van der Waals surface area contributed by atoms with E-state index in [4.69, 9.17) is 4.74 Å². The van der Waals surface area contributed by atoms with Gasteiger partial charge in [-0.15, -0.1) is 0 Å². The van der Waals surface area contributed by atoms with Gasteiger partial charge in [0.25, 0.3) is 11.8 Å². The second kappa shape index (κ2) is 11.7. The fourth-order valence-corrected chi connectivity index (χ4v) is 4.17. The summed E-state index contributed by atoms with van der Waals surface area (Å²) in [6.45, 7) is 8.97. The Balaban J connectivity index is 2.32. The van der Waals surface area contributed by atoms with Crippen LogP contribution in [0.3, 0.4) is 0 Å². The first kappa shape index (κ1) is 23.8. The van der Waals surface area contributed by atoms with Crippen molar-refractivity contribution in [3.63, 3.8) is 0 Å². The van der Waals surface area contributed by atoms with Crippen LogP contribution in [0.25, 0.3) is 0 Å². The Kier molecular flexibility index (Phi) is 9.28. The lowest BCUT2D eigenvalue weighted by atomic mass is 9.85. The highest BCUT2D eigenvalue weighted by molar-refractivity contribution is 6.17. The number of carbonyl (C=O) groups is 3. The van der Waals surface area contributed by atoms with Crippen molar-refractivity contribution < 1.29 is 19.1 Å². The van der Waals surface area contributed by atoms with Crippen molar-refractivity contribution in [2.45, 2.75) is 92.1 Å².